The molecule has 0 aliphatic rings. The van der Waals surface area contributed by atoms with E-state index in [-0.39, 0.29) is 29.3 Å². The van der Waals surface area contributed by atoms with Gasteiger partial charge in [0, 0.05) is 6.20 Å². The Balaban J connectivity index is 2.04. The zero-order valence-electron chi connectivity index (χ0n) is 12.9. The van der Waals surface area contributed by atoms with E-state index in [4.69, 9.17) is 4.74 Å². The Kier molecular flexibility index (Phi) is 3.88. The fraction of sp³-hybridized carbons (Fsp3) is 0.188. The van der Waals surface area contributed by atoms with Crippen molar-refractivity contribution in [3.63, 3.8) is 0 Å². The van der Waals surface area contributed by atoms with Gasteiger partial charge in [0.1, 0.15) is 6.61 Å². The molecule has 3 rings (SSSR count). The molecule has 0 spiro atoms. The number of ether oxygens (including phenoxy) is 1. The van der Waals surface area contributed by atoms with Crippen LogP contribution in [0.25, 0.3) is 5.65 Å². The van der Waals surface area contributed by atoms with Crippen molar-refractivity contribution in [3.8, 4) is 5.75 Å². The van der Waals surface area contributed by atoms with Gasteiger partial charge in [-0.05, 0) is 25.5 Å². The van der Waals surface area contributed by atoms with E-state index in [1.54, 1.807) is 26.1 Å². The van der Waals surface area contributed by atoms with Gasteiger partial charge in [-0.25, -0.2) is 18.6 Å². The number of aromatic carboxylic acids is 1. The van der Waals surface area contributed by atoms with Crippen molar-refractivity contribution in [2.75, 3.05) is 0 Å². The number of imidazole rings is 1. The van der Waals surface area contributed by atoms with Gasteiger partial charge in [0.25, 0.3) is 0 Å². The molecule has 0 aliphatic carbocycles. The molecule has 0 fully saturated rings. The molecular weight excluding hydrogens is 320 g/mol. The molecule has 0 aliphatic heterocycles. The second-order valence-corrected chi connectivity index (χ2v) is 5.30. The Morgan fingerprint density at radius 2 is 1.96 bits per heavy atom. The summed E-state index contributed by atoms with van der Waals surface area (Å²) in [7, 11) is 0. The molecule has 8 heteroatoms. The van der Waals surface area contributed by atoms with Crippen LogP contribution in [0.2, 0.25) is 0 Å². The van der Waals surface area contributed by atoms with E-state index in [9.17, 15) is 18.7 Å². The van der Waals surface area contributed by atoms with Crippen LogP contribution in [0.5, 0.6) is 5.75 Å². The van der Waals surface area contributed by atoms with Crippen molar-refractivity contribution >= 4 is 11.6 Å². The predicted molar refractivity (Wildman–Crippen MR) is 80.1 cm³/mol. The molecule has 0 aromatic carbocycles. The zero-order valence-corrected chi connectivity index (χ0v) is 12.9. The molecule has 3 heterocycles. The molecule has 6 nitrogen and oxygen atoms in total. The molecule has 124 valence electrons. The van der Waals surface area contributed by atoms with Crippen LogP contribution >= 0.6 is 0 Å². The number of carbonyl (C=O) groups is 1. The lowest BCUT2D eigenvalue weighted by molar-refractivity contribution is 0.0688. The molecular formula is C16H13F2N3O3. The Bertz CT molecular complexity index is 933. The van der Waals surface area contributed by atoms with Gasteiger partial charge in [-0.15, -0.1) is 0 Å². The molecule has 0 amide bonds. The minimum Gasteiger partial charge on any atom is -0.485 e. The number of rotatable bonds is 4. The van der Waals surface area contributed by atoms with Crippen molar-refractivity contribution in [1.29, 1.82) is 0 Å². The summed E-state index contributed by atoms with van der Waals surface area (Å²) in [6.07, 6.45) is 3.41. The number of carboxylic acid groups (broad SMARTS) is 1. The number of pyridine rings is 2. The van der Waals surface area contributed by atoms with Crippen LogP contribution in [0.4, 0.5) is 8.78 Å². The summed E-state index contributed by atoms with van der Waals surface area (Å²) in [6, 6.07) is 1.63. The fourth-order valence-electron chi connectivity index (χ4n) is 2.45. The van der Waals surface area contributed by atoms with E-state index in [1.165, 1.54) is 4.40 Å². The monoisotopic (exact) mass is 333 g/mol. The van der Waals surface area contributed by atoms with Gasteiger partial charge in [-0.3, -0.25) is 9.38 Å². The molecule has 3 aromatic rings. The van der Waals surface area contributed by atoms with Gasteiger partial charge < -0.3 is 9.84 Å². The molecule has 0 bridgehead atoms. The Labute approximate surface area is 135 Å². The maximum Gasteiger partial charge on any atom is 0.354 e. The van der Waals surface area contributed by atoms with E-state index in [1.807, 2.05) is 0 Å². The highest BCUT2D eigenvalue weighted by molar-refractivity contribution is 5.88. The van der Waals surface area contributed by atoms with Crippen LogP contribution < -0.4 is 4.74 Å². The van der Waals surface area contributed by atoms with E-state index in [0.29, 0.717) is 11.3 Å². The first-order chi connectivity index (χ1) is 11.4. The molecule has 0 saturated carbocycles. The Morgan fingerprint density at radius 3 is 2.58 bits per heavy atom. The first kappa shape index (κ1) is 15.9. The van der Waals surface area contributed by atoms with Crippen LogP contribution in [0.1, 0.15) is 27.3 Å². The minimum absolute atomic E-state index is 0.0137. The van der Waals surface area contributed by atoms with E-state index < -0.39 is 17.6 Å². The Hall–Kier alpha value is -3.03. The van der Waals surface area contributed by atoms with E-state index in [2.05, 4.69) is 9.97 Å². The summed E-state index contributed by atoms with van der Waals surface area (Å²) in [5, 5.41) is 9.31. The summed E-state index contributed by atoms with van der Waals surface area (Å²) in [6.45, 7) is 2.95. The van der Waals surface area contributed by atoms with E-state index >= 15 is 0 Å². The van der Waals surface area contributed by atoms with Gasteiger partial charge >= 0.3 is 5.97 Å². The number of aryl methyl sites for hydroxylation is 2. The van der Waals surface area contributed by atoms with Gasteiger partial charge in [-0.1, -0.05) is 0 Å². The van der Waals surface area contributed by atoms with Crippen molar-refractivity contribution in [1.82, 2.24) is 14.4 Å². The lowest BCUT2D eigenvalue weighted by Crippen LogP contribution is -2.06. The molecule has 0 radical (unpaired) electrons. The third kappa shape index (κ3) is 2.66. The molecule has 1 N–H and O–H groups in total. The second kappa shape index (κ2) is 5.88. The maximum absolute atomic E-state index is 13.6. The fourth-order valence-corrected chi connectivity index (χ4v) is 2.45. The van der Waals surface area contributed by atoms with Crippen molar-refractivity contribution < 1.29 is 23.4 Å². The first-order valence-corrected chi connectivity index (χ1v) is 7.01. The molecule has 24 heavy (non-hydrogen) atoms. The maximum atomic E-state index is 13.6. The predicted octanol–water partition coefficient (Wildman–Crippen LogP) is 2.90. The molecule has 0 atom stereocenters. The van der Waals surface area contributed by atoms with Crippen LogP contribution in [-0.2, 0) is 6.61 Å². The summed E-state index contributed by atoms with van der Waals surface area (Å²) < 4.78 is 34.2. The topological polar surface area (TPSA) is 76.7 Å². The highest BCUT2D eigenvalue weighted by atomic mass is 19.1. The number of halogens is 2. The number of aromatic nitrogens is 3. The van der Waals surface area contributed by atoms with Crippen LogP contribution in [0.15, 0.2) is 24.7 Å². The number of fused-ring (bicyclic) bond motifs is 1. The molecule has 0 saturated heterocycles. The quantitative estimate of drug-likeness (QED) is 0.794. The van der Waals surface area contributed by atoms with Crippen molar-refractivity contribution in [2.45, 2.75) is 20.5 Å². The van der Waals surface area contributed by atoms with Gasteiger partial charge in [0.05, 0.1) is 23.7 Å². The largest absolute Gasteiger partial charge is 0.485 e. The number of carboxylic acids is 1. The smallest absolute Gasteiger partial charge is 0.354 e. The standard InChI is InChI=1S/C16H13F2N3O3/c1-8-3-13(24-7-10-11(17)4-19-5-12(10)18)15-20-9(2)14(16(22)23)21(15)6-8/h3-6H,7H2,1-2H3,(H,22,23). The van der Waals surface area contributed by atoms with Crippen LogP contribution in [0.3, 0.4) is 0 Å². The normalized spacial score (nSPS) is 11.0. The van der Waals surface area contributed by atoms with Gasteiger partial charge in [-0.2, -0.15) is 0 Å². The third-order valence-corrected chi connectivity index (χ3v) is 3.52. The number of hydrogen-bond acceptors (Lipinski definition) is 4. The van der Waals surface area contributed by atoms with Crippen molar-refractivity contribution in [2.24, 2.45) is 0 Å². The van der Waals surface area contributed by atoms with Crippen LogP contribution in [0, 0.1) is 25.5 Å². The Morgan fingerprint density at radius 1 is 1.29 bits per heavy atom. The summed E-state index contributed by atoms with van der Waals surface area (Å²) in [4.78, 5) is 19.0. The summed E-state index contributed by atoms with van der Waals surface area (Å²) in [5.41, 5.74) is 1.06. The molecule has 0 unspecified atom stereocenters. The van der Waals surface area contributed by atoms with Crippen LogP contribution in [-0.4, -0.2) is 25.4 Å². The number of nitrogens with zero attached hydrogens (tertiary/aromatic N) is 3. The number of hydrogen-bond donors (Lipinski definition) is 1. The highest BCUT2D eigenvalue weighted by Crippen LogP contribution is 2.25. The SMILES string of the molecule is Cc1cc(OCc2c(F)cncc2F)c2nc(C)c(C(=O)O)n2c1. The third-order valence-electron chi connectivity index (χ3n) is 3.52. The lowest BCUT2D eigenvalue weighted by Gasteiger charge is -2.10. The van der Waals surface area contributed by atoms with Gasteiger partial charge in [0.2, 0.25) is 0 Å². The zero-order chi connectivity index (χ0) is 17.4. The molecule has 3 aromatic heterocycles. The summed E-state index contributed by atoms with van der Waals surface area (Å²) >= 11 is 0. The highest BCUT2D eigenvalue weighted by Gasteiger charge is 2.19. The summed E-state index contributed by atoms with van der Waals surface area (Å²) in [5.74, 6) is -2.52. The second-order valence-electron chi connectivity index (χ2n) is 5.30. The first-order valence-electron chi connectivity index (χ1n) is 7.01. The average Bonchev–Trinajstić information content (AvgIpc) is 2.82. The van der Waals surface area contributed by atoms with Crippen molar-refractivity contribution in [3.05, 3.63) is 58.8 Å². The average molecular weight is 333 g/mol. The van der Waals surface area contributed by atoms with Gasteiger partial charge in [0.15, 0.2) is 28.7 Å². The lowest BCUT2D eigenvalue weighted by atomic mass is 10.2. The van der Waals surface area contributed by atoms with E-state index in [0.717, 1.165) is 12.4 Å². The minimum atomic E-state index is -1.12.